The third-order valence-corrected chi connectivity index (χ3v) is 6.29. The first-order valence-corrected chi connectivity index (χ1v) is 10.7. The summed E-state index contributed by atoms with van der Waals surface area (Å²) in [5.74, 6) is 3.66. The van der Waals surface area contributed by atoms with Gasteiger partial charge in [-0.25, -0.2) is 0 Å². The van der Waals surface area contributed by atoms with Crippen molar-refractivity contribution in [3.8, 4) is 6.07 Å². The Labute approximate surface area is 155 Å². The highest BCUT2D eigenvalue weighted by molar-refractivity contribution is 5.11. The first kappa shape index (κ1) is 20.0. The number of nitriles is 1. The fraction of sp³-hybridized carbons (Fsp3) is 0.708. The fourth-order valence-electron chi connectivity index (χ4n) is 4.67. The molecule has 0 N–H and O–H groups in total. The Balaban J connectivity index is 1.58. The van der Waals surface area contributed by atoms with E-state index >= 15 is 0 Å². The minimum Gasteiger partial charge on any atom is -0.193 e. The fourth-order valence-corrected chi connectivity index (χ4v) is 4.67. The molecule has 0 amide bonds. The van der Waals surface area contributed by atoms with Gasteiger partial charge in [0.25, 0.3) is 0 Å². The predicted octanol–water partition coefficient (Wildman–Crippen LogP) is 7.37. The minimum absolute atomic E-state index is 0.846. The smallest absolute Gasteiger partial charge is 0.0912 e. The molecule has 0 saturated heterocycles. The molecule has 2 saturated carbocycles. The molecule has 0 spiro atoms. The van der Waals surface area contributed by atoms with Crippen LogP contribution in [0.25, 0.3) is 0 Å². The summed E-state index contributed by atoms with van der Waals surface area (Å²) in [5.41, 5.74) is 0. The van der Waals surface area contributed by atoms with E-state index in [4.69, 9.17) is 5.26 Å². The van der Waals surface area contributed by atoms with Crippen molar-refractivity contribution in [2.45, 2.75) is 84.0 Å². The molecule has 1 nitrogen and oxygen atoms in total. The van der Waals surface area contributed by atoms with Gasteiger partial charge in [0.05, 0.1) is 6.07 Å². The van der Waals surface area contributed by atoms with Crippen LogP contribution in [-0.4, -0.2) is 0 Å². The monoisotopic (exact) mass is 339 g/mol. The average molecular weight is 340 g/mol. The summed E-state index contributed by atoms with van der Waals surface area (Å²) >= 11 is 0. The maximum absolute atomic E-state index is 8.44. The Morgan fingerprint density at radius 3 is 1.88 bits per heavy atom. The van der Waals surface area contributed by atoms with Gasteiger partial charge in [-0.2, -0.15) is 5.26 Å². The van der Waals surface area contributed by atoms with Crippen molar-refractivity contribution in [1.82, 2.24) is 0 Å². The Morgan fingerprint density at radius 2 is 1.36 bits per heavy atom. The molecule has 0 aromatic carbocycles. The zero-order valence-corrected chi connectivity index (χ0v) is 16.2. The summed E-state index contributed by atoms with van der Waals surface area (Å²) < 4.78 is 0. The van der Waals surface area contributed by atoms with Gasteiger partial charge in [0.2, 0.25) is 0 Å². The van der Waals surface area contributed by atoms with Crippen LogP contribution in [-0.2, 0) is 0 Å². The van der Waals surface area contributed by atoms with E-state index in [0.29, 0.717) is 0 Å². The van der Waals surface area contributed by atoms with Crippen molar-refractivity contribution in [3.63, 3.8) is 0 Å². The topological polar surface area (TPSA) is 23.8 Å². The Bertz CT molecular complexity index is 463. The van der Waals surface area contributed by atoms with E-state index in [-0.39, 0.29) is 0 Å². The maximum Gasteiger partial charge on any atom is 0.0912 e. The highest BCUT2D eigenvalue weighted by Crippen LogP contribution is 2.35. The second-order valence-corrected chi connectivity index (χ2v) is 8.23. The molecule has 0 radical (unpaired) electrons. The lowest BCUT2D eigenvalue weighted by Gasteiger charge is -2.28. The third-order valence-electron chi connectivity index (χ3n) is 6.29. The molecule has 2 fully saturated rings. The van der Waals surface area contributed by atoms with Crippen LogP contribution in [0.5, 0.6) is 0 Å². The zero-order chi connectivity index (χ0) is 17.7. The standard InChI is InChI=1S/C24H37N/c1-2-8-21-10-14-23(15-11-21)18-19-24-16-12-22(13-17-24)9-6-4-3-5-7-20-25/h3-5,7,18-19,21-24H,2,6,8-17H2,1H3/t21-,22-,23-,24-. The number of hydrogen-bond donors (Lipinski definition) is 0. The molecule has 2 rings (SSSR count). The highest BCUT2D eigenvalue weighted by Gasteiger charge is 2.21. The molecule has 2 aliphatic carbocycles. The van der Waals surface area contributed by atoms with Crippen molar-refractivity contribution in [2.75, 3.05) is 0 Å². The molecule has 0 atom stereocenters. The van der Waals surface area contributed by atoms with Gasteiger partial charge in [-0.3, -0.25) is 0 Å². The molecule has 2 aliphatic rings. The molecular weight excluding hydrogens is 302 g/mol. The first-order valence-electron chi connectivity index (χ1n) is 10.7. The summed E-state index contributed by atoms with van der Waals surface area (Å²) in [6.07, 6.45) is 29.4. The van der Waals surface area contributed by atoms with Crippen LogP contribution in [0.4, 0.5) is 0 Å². The van der Waals surface area contributed by atoms with E-state index in [2.05, 4.69) is 25.2 Å². The van der Waals surface area contributed by atoms with Gasteiger partial charge >= 0.3 is 0 Å². The van der Waals surface area contributed by atoms with Gasteiger partial charge in [-0.05, 0) is 87.9 Å². The van der Waals surface area contributed by atoms with Crippen molar-refractivity contribution in [3.05, 3.63) is 36.5 Å². The number of allylic oxidation sites excluding steroid dienone is 6. The molecule has 0 aliphatic heterocycles. The van der Waals surface area contributed by atoms with Gasteiger partial charge in [0, 0.05) is 6.08 Å². The lowest BCUT2D eigenvalue weighted by Crippen LogP contribution is -2.15. The van der Waals surface area contributed by atoms with E-state index in [0.717, 1.165) is 30.1 Å². The lowest BCUT2D eigenvalue weighted by molar-refractivity contribution is 0.286. The van der Waals surface area contributed by atoms with Crippen LogP contribution >= 0.6 is 0 Å². The quantitative estimate of drug-likeness (QED) is 0.257. The molecule has 138 valence electrons. The van der Waals surface area contributed by atoms with Gasteiger partial charge < -0.3 is 0 Å². The molecule has 0 bridgehead atoms. The average Bonchev–Trinajstić information content (AvgIpc) is 2.65. The third kappa shape index (κ3) is 8.08. The molecule has 0 aromatic rings. The van der Waals surface area contributed by atoms with E-state index in [1.54, 1.807) is 0 Å². The Morgan fingerprint density at radius 1 is 0.800 bits per heavy atom. The normalized spacial score (nSPS) is 31.0. The summed E-state index contributed by atoms with van der Waals surface area (Å²) in [6, 6.07) is 2.02. The van der Waals surface area contributed by atoms with Crippen LogP contribution in [0.3, 0.4) is 0 Å². The van der Waals surface area contributed by atoms with E-state index in [9.17, 15) is 0 Å². The molecular formula is C24H37N. The van der Waals surface area contributed by atoms with Crippen molar-refractivity contribution in [1.29, 1.82) is 5.26 Å². The van der Waals surface area contributed by atoms with Crippen LogP contribution in [0.1, 0.15) is 84.0 Å². The van der Waals surface area contributed by atoms with Crippen molar-refractivity contribution >= 4 is 0 Å². The molecule has 25 heavy (non-hydrogen) atoms. The van der Waals surface area contributed by atoms with Gasteiger partial charge in [0.1, 0.15) is 0 Å². The van der Waals surface area contributed by atoms with Crippen LogP contribution < -0.4 is 0 Å². The number of rotatable bonds is 8. The maximum atomic E-state index is 8.44. The minimum atomic E-state index is 0.846. The van der Waals surface area contributed by atoms with E-state index in [1.165, 1.54) is 76.7 Å². The second kappa shape index (κ2) is 12.1. The summed E-state index contributed by atoms with van der Waals surface area (Å²) in [6.45, 7) is 2.32. The predicted molar refractivity (Wildman–Crippen MR) is 108 cm³/mol. The van der Waals surface area contributed by atoms with Crippen molar-refractivity contribution < 1.29 is 0 Å². The Kier molecular flexibility index (Phi) is 9.71. The van der Waals surface area contributed by atoms with Gasteiger partial charge in [0.15, 0.2) is 0 Å². The summed E-state index contributed by atoms with van der Waals surface area (Å²) in [5, 5.41) is 8.44. The molecule has 1 heteroatoms. The van der Waals surface area contributed by atoms with Crippen LogP contribution in [0.15, 0.2) is 36.5 Å². The summed E-state index contributed by atoms with van der Waals surface area (Å²) in [7, 11) is 0. The molecule has 0 aromatic heterocycles. The van der Waals surface area contributed by atoms with E-state index in [1.807, 2.05) is 18.2 Å². The second-order valence-electron chi connectivity index (χ2n) is 8.23. The largest absolute Gasteiger partial charge is 0.193 e. The zero-order valence-electron chi connectivity index (χ0n) is 16.2. The SMILES string of the molecule is CCC[C@H]1CC[C@H](C=C[C@H]2CC[C@H](CCC=CC=CC#N)CC2)CC1. The van der Waals surface area contributed by atoms with Crippen molar-refractivity contribution in [2.24, 2.45) is 23.7 Å². The van der Waals surface area contributed by atoms with Gasteiger partial charge in [-0.1, -0.05) is 50.1 Å². The summed E-state index contributed by atoms with van der Waals surface area (Å²) in [4.78, 5) is 0. The molecule has 0 heterocycles. The Hall–Kier alpha value is -1.29. The van der Waals surface area contributed by atoms with E-state index < -0.39 is 0 Å². The molecule has 0 unspecified atom stereocenters. The van der Waals surface area contributed by atoms with Crippen LogP contribution in [0.2, 0.25) is 0 Å². The number of nitrogens with zero attached hydrogens (tertiary/aromatic N) is 1. The lowest BCUT2D eigenvalue weighted by atomic mass is 9.77. The first-order chi connectivity index (χ1) is 12.3. The van der Waals surface area contributed by atoms with Crippen LogP contribution in [0, 0.1) is 35.0 Å². The van der Waals surface area contributed by atoms with Gasteiger partial charge in [-0.15, -0.1) is 0 Å². The highest BCUT2D eigenvalue weighted by atomic mass is 14.3. The number of hydrogen-bond acceptors (Lipinski definition) is 1.